The Hall–Kier alpha value is -5.55. The Balaban J connectivity index is 1.48. The number of hydrogen-bond donors (Lipinski definition) is 1. The number of non-ortho nitro benzene ring substituents is 1. The Morgan fingerprint density at radius 2 is 1.76 bits per heavy atom. The number of carbonyl (C=O) groups is 1. The highest BCUT2D eigenvalue weighted by Crippen LogP contribution is 2.32. The first kappa shape index (κ1) is 29.5. The molecule has 0 fully saturated rings. The fourth-order valence-corrected chi connectivity index (χ4v) is 6.69. The van der Waals surface area contributed by atoms with Crippen molar-refractivity contribution in [1.29, 1.82) is 0 Å². The van der Waals surface area contributed by atoms with Crippen LogP contribution in [-0.4, -0.2) is 27.1 Å². The molecular formula is C34H29N5O5S. The van der Waals surface area contributed by atoms with Crippen LogP contribution in [0.5, 0.6) is 5.75 Å². The van der Waals surface area contributed by atoms with Gasteiger partial charge in [-0.1, -0.05) is 41.7 Å². The lowest BCUT2D eigenvalue weighted by molar-refractivity contribution is -0.384. The van der Waals surface area contributed by atoms with Crippen LogP contribution in [0.15, 0.2) is 106 Å². The van der Waals surface area contributed by atoms with Crippen LogP contribution in [0.1, 0.15) is 35.5 Å². The summed E-state index contributed by atoms with van der Waals surface area (Å²) < 4.78 is 9.51. The van der Waals surface area contributed by atoms with Crippen molar-refractivity contribution < 1.29 is 14.5 Å². The largest absolute Gasteiger partial charge is 0.497 e. The number of anilines is 1. The van der Waals surface area contributed by atoms with E-state index in [9.17, 15) is 19.7 Å². The maximum atomic E-state index is 14.2. The van der Waals surface area contributed by atoms with Gasteiger partial charge in [0, 0.05) is 34.9 Å². The minimum absolute atomic E-state index is 0.0141. The van der Waals surface area contributed by atoms with Crippen molar-refractivity contribution in [2.45, 2.75) is 26.8 Å². The van der Waals surface area contributed by atoms with Crippen LogP contribution in [-0.2, 0) is 4.79 Å². The van der Waals surface area contributed by atoms with Crippen molar-refractivity contribution in [3.8, 4) is 11.4 Å². The van der Waals surface area contributed by atoms with Crippen LogP contribution >= 0.6 is 11.3 Å². The summed E-state index contributed by atoms with van der Waals surface area (Å²) in [6, 6.07) is 24.1. The third-order valence-electron chi connectivity index (χ3n) is 7.78. The van der Waals surface area contributed by atoms with Crippen LogP contribution in [0, 0.1) is 24.0 Å². The summed E-state index contributed by atoms with van der Waals surface area (Å²) in [5.74, 6) is 0.252. The van der Waals surface area contributed by atoms with Crippen molar-refractivity contribution in [3.05, 3.63) is 149 Å². The first-order valence-corrected chi connectivity index (χ1v) is 14.9. The average molecular weight is 620 g/mol. The monoisotopic (exact) mass is 619 g/mol. The molecule has 45 heavy (non-hydrogen) atoms. The Morgan fingerprint density at radius 1 is 1.02 bits per heavy atom. The molecule has 0 radical (unpaired) electrons. The summed E-state index contributed by atoms with van der Waals surface area (Å²) in [6.45, 7) is 5.66. The summed E-state index contributed by atoms with van der Waals surface area (Å²) in [5.41, 5.74) is 5.35. The van der Waals surface area contributed by atoms with E-state index >= 15 is 0 Å². The van der Waals surface area contributed by atoms with Gasteiger partial charge in [0.05, 0.1) is 33.9 Å². The fourth-order valence-electron chi connectivity index (χ4n) is 5.65. The number of thiazole rings is 1. The Bertz CT molecular complexity index is 2180. The van der Waals surface area contributed by atoms with E-state index in [1.807, 2.05) is 73.0 Å². The van der Waals surface area contributed by atoms with Crippen molar-refractivity contribution in [2.24, 2.45) is 4.99 Å². The number of aryl methyl sites for hydroxylation is 1. The Labute approximate surface area is 262 Å². The first-order chi connectivity index (χ1) is 21.7. The van der Waals surface area contributed by atoms with Crippen molar-refractivity contribution in [1.82, 2.24) is 9.13 Å². The molecule has 1 aliphatic heterocycles. The van der Waals surface area contributed by atoms with E-state index in [2.05, 4.69) is 5.32 Å². The van der Waals surface area contributed by atoms with Crippen molar-refractivity contribution >= 4 is 34.7 Å². The van der Waals surface area contributed by atoms with E-state index in [-0.39, 0.29) is 17.2 Å². The molecule has 10 nitrogen and oxygen atoms in total. The number of methoxy groups -OCH3 is 1. The standard InChI is InChI=1S/C34H29N5O5S/c1-20-17-24(22(3)37(20)26-13-15-27(16-14-26)39(42)43)19-29-33(41)38-31(23-9-8-12-28(18-23)44-4)30(21(2)35-34(38)45-29)32(40)36-25-10-6-5-7-11-25/h5-19,31H,1-4H3,(H,36,40)/b29-19-/t31-/m1/s1. The number of ether oxygens (including phenoxy) is 1. The molecule has 0 aliphatic carbocycles. The number of nitro groups is 1. The second-order valence-corrected chi connectivity index (χ2v) is 11.6. The second kappa shape index (κ2) is 11.9. The minimum atomic E-state index is -0.741. The maximum absolute atomic E-state index is 14.2. The molecular weight excluding hydrogens is 590 g/mol. The van der Waals surface area contributed by atoms with E-state index in [0.29, 0.717) is 37.6 Å². The molecule has 0 unspecified atom stereocenters. The van der Waals surface area contributed by atoms with Gasteiger partial charge in [-0.25, -0.2) is 4.99 Å². The zero-order valence-electron chi connectivity index (χ0n) is 25.0. The molecule has 11 heteroatoms. The summed E-state index contributed by atoms with van der Waals surface area (Å²) in [6.07, 6.45) is 1.83. The lowest BCUT2D eigenvalue weighted by Crippen LogP contribution is -2.40. The number of aromatic nitrogens is 2. The predicted molar refractivity (Wildman–Crippen MR) is 174 cm³/mol. The number of carbonyl (C=O) groups excluding carboxylic acids is 1. The zero-order valence-corrected chi connectivity index (χ0v) is 25.8. The van der Waals surface area contributed by atoms with Gasteiger partial charge in [-0.3, -0.25) is 24.3 Å². The average Bonchev–Trinajstić information content (AvgIpc) is 3.49. The minimum Gasteiger partial charge on any atom is -0.497 e. The van der Waals surface area contributed by atoms with Gasteiger partial charge in [-0.05, 0) is 80.4 Å². The van der Waals surface area contributed by atoms with E-state index in [1.54, 1.807) is 42.9 Å². The molecule has 5 aromatic rings. The number of nitrogens with one attached hydrogen (secondary N) is 1. The van der Waals surface area contributed by atoms with E-state index in [4.69, 9.17) is 9.73 Å². The van der Waals surface area contributed by atoms with Crippen molar-refractivity contribution in [2.75, 3.05) is 12.4 Å². The molecule has 0 saturated carbocycles. The van der Waals surface area contributed by atoms with Gasteiger partial charge in [0.1, 0.15) is 5.75 Å². The van der Waals surface area contributed by atoms with Crippen LogP contribution in [0.3, 0.4) is 0 Å². The van der Waals surface area contributed by atoms with Gasteiger partial charge in [-0.2, -0.15) is 0 Å². The molecule has 1 aliphatic rings. The van der Waals surface area contributed by atoms with Crippen LogP contribution in [0.25, 0.3) is 11.8 Å². The van der Waals surface area contributed by atoms with Gasteiger partial charge in [-0.15, -0.1) is 0 Å². The lowest BCUT2D eigenvalue weighted by Gasteiger charge is -2.25. The number of allylic oxidation sites excluding steroid dienone is 1. The topological polar surface area (TPSA) is 121 Å². The molecule has 0 bridgehead atoms. The highest BCUT2D eigenvalue weighted by molar-refractivity contribution is 7.07. The molecule has 2 aromatic heterocycles. The smallest absolute Gasteiger partial charge is 0.271 e. The quantitative estimate of drug-likeness (QED) is 0.198. The van der Waals surface area contributed by atoms with Gasteiger partial charge >= 0.3 is 0 Å². The van der Waals surface area contributed by atoms with E-state index < -0.39 is 11.0 Å². The molecule has 6 rings (SSSR count). The molecule has 1 N–H and O–H groups in total. The Morgan fingerprint density at radius 3 is 2.44 bits per heavy atom. The maximum Gasteiger partial charge on any atom is 0.271 e. The number of benzene rings is 3. The van der Waals surface area contributed by atoms with Gasteiger partial charge in [0.25, 0.3) is 17.2 Å². The van der Waals surface area contributed by atoms with Gasteiger partial charge in [0.2, 0.25) is 0 Å². The van der Waals surface area contributed by atoms with Crippen LogP contribution in [0.4, 0.5) is 11.4 Å². The van der Waals surface area contributed by atoms with Crippen LogP contribution in [0.2, 0.25) is 0 Å². The number of amides is 1. The van der Waals surface area contributed by atoms with Crippen molar-refractivity contribution in [3.63, 3.8) is 0 Å². The molecule has 0 spiro atoms. The third-order valence-corrected chi connectivity index (χ3v) is 8.77. The zero-order chi connectivity index (χ0) is 31.8. The summed E-state index contributed by atoms with van der Waals surface area (Å²) in [5, 5.41) is 14.1. The first-order valence-electron chi connectivity index (χ1n) is 14.1. The number of rotatable bonds is 7. The van der Waals surface area contributed by atoms with E-state index in [0.717, 1.165) is 22.6 Å². The highest BCUT2D eigenvalue weighted by atomic mass is 32.1. The molecule has 3 heterocycles. The number of hydrogen-bond acceptors (Lipinski definition) is 7. The SMILES string of the molecule is COc1cccc([C@@H]2C(C(=O)Nc3ccccc3)=C(C)N=c3s/c(=C\c4cc(C)n(-c5ccc([N+](=O)[O-])cc5)c4C)c(=O)n32)c1. The summed E-state index contributed by atoms with van der Waals surface area (Å²) >= 11 is 1.26. The molecule has 1 atom stereocenters. The van der Waals surface area contributed by atoms with Gasteiger partial charge in [0.15, 0.2) is 4.80 Å². The number of nitro benzene ring substituents is 1. The lowest BCUT2D eigenvalue weighted by atomic mass is 9.95. The Kier molecular flexibility index (Phi) is 7.78. The second-order valence-electron chi connectivity index (χ2n) is 10.6. The fraction of sp³-hybridized carbons (Fsp3) is 0.147. The van der Waals surface area contributed by atoms with Crippen LogP contribution < -0.4 is 24.9 Å². The predicted octanol–water partition coefficient (Wildman–Crippen LogP) is 5.20. The van der Waals surface area contributed by atoms with Gasteiger partial charge < -0.3 is 14.6 Å². The molecule has 3 aromatic carbocycles. The van der Waals surface area contributed by atoms with E-state index in [1.165, 1.54) is 23.5 Å². The molecule has 0 saturated heterocycles. The normalized spacial score (nSPS) is 14.6. The number of fused-ring (bicyclic) bond motifs is 1. The number of para-hydroxylation sites is 1. The molecule has 226 valence electrons. The highest BCUT2D eigenvalue weighted by Gasteiger charge is 2.33. The third kappa shape index (κ3) is 5.49. The molecule has 1 amide bonds. The summed E-state index contributed by atoms with van der Waals surface area (Å²) in [4.78, 5) is 43.9. The summed E-state index contributed by atoms with van der Waals surface area (Å²) in [7, 11) is 1.57. The number of nitrogens with zero attached hydrogens (tertiary/aromatic N) is 4.